The van der Waals surface area contributed by atoms with Gasteiger partial charge in [0.05, 0.1) is 0 Å². The fraction of sp³-hybridized carbons (Fsp3) is 1.00. The lowest BCUT2D eigenvalue weighted by Gasteiger charge is -2.16. The fourth-order valence-electron chi connectivity index (χ4n) is 1.26. The van der Waals surface area contributed by atoms with E-state index >= 15 is 0 Å². The number of hydrogen-bond donors (Lipinski definition) is 0. The highest BCUT2D eigenvalue weighted by Crippen LogP contribution is 2.14. The van der Waals surface area contributed by atoms with Crippen LogP contribution in [0.1, 0.15) is 12.8 Å². The van der Waals surface area contributed by atoms with Crippen molar-refractivity contribution in [2.45, 2.75) is 18.2 Å². The number of nitrogens with zero attached hydrogens (tertiary/aromatic N) is 1. The van der Waals surface area contributed by atoms with Gasteiger partial charge in [0.15, 0.2) is 0 Å². The molecule has 2 atom stereocenters. The zero-order valence-electron chi connectivity index (χ0n) is 5.71. The second-order valence-electron chi connectivity index (χ2n) is 2.67. The van der Waals surface area contributed by atoms with E-state index < -0.39 is 0 Å². The molecule has 1 rings (SSSR count). The Morgan fingerprint density at radius 3 is 2.22 bits per heavy atom. The van der Waals surface area contributed by atoms with Crippen LogP contribution in [0.2, 0.25) is 0 Å². The molecular weight excluding hydrogens is 148 g/mol. The summed E-state index contributed by atoms with van der Waals surface area (Å²) in [5.41, 5.74) is 0. The number of rotatable bonds is 2. The van der Waals surface area contributed by atoms with Gasteiger partial charge >= 0.3 is 0 Å². The number of hydrogen-bond acceptors (Lipinski definition) is 1. The smallest absolute Gasteiger partial charge is 0.00788 e. The van der Waals surface area contributed by atoms with Crippen molar-refractivity contribution in [2.24, 2.45) is 0 Å². The normalized spacial score (nSPS) is 21.7. The molecule has 2 unspecified atom stereocenters. The average molecular weight is 163 g/mol. The van der Waals surface area contributed by atoms with Crippen LogP contribution in [0.15, 0.2) is 0 Å². The van der Waals surface area contributed by atoms with Crippen LogP contribution in [-0.4, -0.2) is 29.9 Å². The first-order valence-electron chi connectivity index (χ1n) is 3.52. The monoisotopic (exact) mass is 163 g/mol. The highest BCUT2D eigenvalue weighted by Gasteiger charge is 2.11. The van der Waals surface area contributed by atoms with Crippen LogP contribution in [0, 0.1) is 0 Å². The van der Waals surface area contributed by atoms with E-state index in [-0.39, 0.29) is 0 Å². The first-order chi connectivity index (χ1) is 4.29. The maximum Gasteiger partial charge on any atom is 0.00788 e. The summed E-state index contributed by atoms with van der Waals surface area (Å²) in [6.45, 7) is 3.87. The molecule has 1 aliphatic heterocycles. The van der Waals surface area contributed by atoms with Crippen molar-refractivity contribution in [1.29, 1.82) is 0 Å². The van der Waals surface area contributed by atoms with Crippen molar-refractivity contribution >= 4 is 18.5 Å². The zero-order valence-corrected chi connectivity index (χ0v) is 8.02. The summed E-state index contributed by atoms with van der Waals surface area (Å²) in [7, 11) is 5.62. The summed E-state index contributed by atoms with van der Waals surface area (Å²) in [5, 5.41) is 0.683. The summed E-state index contributed by atoms with van der Waals surface area (Å²) in [5.74, 6) is 0. The van der Waals surface area contributed by atoms with Crippen molar-refractivity contribution in [3.05, 3.63) is 0 Å². The van der Waals surface area contributed by atoms with E-state index in [1.165, 1.54) is 32.5 Å². The molecule has 0 aliphatic carbocycles. The predicted molar refractivity (Wildman–Crippen MR) is 48.9 cm³/mol. The Morgan fingerprint density at radius 2 is 1.78 bits per heavy atom. The van der Waals surface area contributed by atoms with Crippen LogP contribution in [-0.2, 0) is 0 Å². The molecule has 0 saturated carbocycles. The maximum absolute atomic E-state index is 2.81. The summed E-state index contributed by atoms with van der Waals surface area (Å²) in [6, 6.07) is 0. The van der Waals surface area contributed by atoms with Gasteiger partial charge in [-0.15, -0.1) is 18.5 Å². The van der Waals surface area contributed by atoms with Crippen molar-refractivity contribution < 1.29 is 0 Å². The number of likely N-dealkylation sites (tertiary alicyclic amines) is 1. The molecule has 54 valence electrons. The van der Waals surface area contributed by atoms with Crippen LogP contribution in [0.25, 0.3) is 0 Å². The molecule has 0 aromatic rings. The predicted octanol–water partition coefficient (Wildman–Crippen LogP) is 1.16. The first-order valence-corrected chi connectivity index (χ1v) is 4.86. The molecule has 0 aromatic carbocycles. The second-order valence-corrected chi connectivity index (χ2v) is 5.15. The third kappa shape index (κ3) is 2.94. The summed E-state index contributed by atoms with van der Waals surface area (Å²) < 4.78 is 0. The van der Waals surface area contributed by atoms with Gasteiger partial charge in [0.2, 0.25) is 0 Å². The minimum absolute atomic E-state index is 0.683. The Hall–Kier alpha value is 0.820. The quantitative estimate of drug-likeness (QED) is 0.552. The van der Waals surface area contributed by atoms with E-state index in [1.807, 2.05) is 0 Å². The average Bonchev–Trinajstić information content (AvgIpc) is 2.15. The van der Waals surface area contributed by atoms with E-state index in [9.17, 15) is 0 Å². The molecule has 1 heterocycles. The lowest BCUT2D eigenvalue weighted by molar-refractivity contribution is 0.356. The van der Waals surface area contributed by atoms with Crippen molar-refractivity contribution in [3.63, 3.8) is 0 Å². The summed E-state index contributed by atoms with van der Waals surface area (Å²) in [6.07, 6.45) is 2.81. The Bertz CT molecular complexity index is 79.1. The molecule has 1 nitrogen and oxygen atoms in total. The molecular formula is C6H15NP2. The third-order valence-electron chi connectivity index (χ3n) is 1.67. The molecule has 0 radical (unpaired) electrons. The van der Waals surface area contributed by atoms with Crippen LogP contribution in [0.3, 0.4) is 0 Å². The summed E-state index contributed by atoms with van der Waals surface area (Å²) >= 11 is 0. The van der Waals surface area contributed by atoms with Crippen molar-refractivity contribution in [1.82, 2.24) is 4.90 Å². The Morgan fingerprint density at radius 1 is 1.22 bits per heavy atom. The highest BCUT2D eigenvalue weighted by atomic mass is 31.1. The standard InChI is InChI=1S/C6H15NP2/c8-6(9)5-7-3-1-2-4-7/h6H,1-5,8-9H2. The topological polar surface area (TPSA) is 3.24 Å². The molecule has 0 spiro atoms. The molecule has 0 bridgehead atoms. The molecule has 1 aliphatic rings. The maximum atomic E-state index is 2.81. The Labute approximate surface area is 62.0 Å². The van der Waals surface area contributed by atoms with E-state index in [0.717, 1.165) is 0 Å². The van der Waals surface area contributed by atoms with Crippen LogP contribution < -0.4 is 0 Å². The third-order valence-corrected chi connectivity index (χ3v) is 2.09. The molecule has 0 amide bonds. The highest BCUT2D eigenvalue weighted by molar-refractivity contribution is 7.37. The van der Waals surface area contributed by atoms with Gasteiger partial charge in [0.1, 0.15) is 0 Å². The van der Waals surface area contributed by atoms with Crippen LogP contribution >= 0.6 is 18.5 Å². The molecule has 9 heavy (non-hydrogen) atoms. The Balaban J connectivity index is 2.11. The van der Waals surface area contributed by atoms with E-state index in [4.69, 9.17) is 0 Å². The molecule has 1 fully saturated rings. The first kappa shape index (κ1) is 7.92. The lowest BCUT2D eigenvalue weighted by atomic mass is 10.4. The van der Waals surface area contributed by atoms with Gasteiger partial charge in [-0.1, -0.05) is 0 Å². The van der Waals surface area contributed by atoms with Gasteiger partial charge < -0.3 is 4.90 Å². The molecule has 0 N–H and O–H groups in total. The van der Waals surface area contributed by atoms with Gasteiger partial charge in [-0.3, -0.25) is 0 Å². The zero-order chi connectivity index (χ0) is 6.69. The Kier molecular flexibility index (Phi) is 3.40. The van der Waals surface area contributed by atoms with Crippen LogP contribution in [0.4, 0.5) is 0 Å². The minimum Gasteiger partial charge on any atom is -0.302 e. The van der Waals surface area contributed by atoms with Gasteiger partial charge in [-0.25, -0.2) is 0 Å². The second kappa shape index (κ2) is 3.86. The van der Waals surface area contributed by atoms with Crippen LogP contribution in [0.5, 0.6) is 0 Å². The molecule has 0 aromatic heterocycles. The van der Waals surface area contributed by atoms with Crippen molar-refractivity contribution in [3.8, 4) is 0 Å². The van der Waals surface area contributed by atoms with E-state index in [2.05, 4.69) is 23.4 Å². The minimum atomic E-state index is 0.683. The van der Waals surface area contributed by atoms with Gasteiger partial charge in [-0.05, 0) is 25.9 Å². The largest absolute Gasteiger partial charge is 0.302 e. The van der Waals surface area contributed by atoms with Gasteiger partial charge in [-0.2, -0.15) is 0 Å². The molecule has 3 heteroatoms. The van der Waals surface area contributed by atoms with Gasteiger partial charge in [0.25, 0.3) is 0 Å². The van der Waals surface area contributed by atoms with Crippen molar-refractivity contribution in [2.75, 3.05) is 19.6 Å². The molecule has 1 saturated heterocycles. The van der Waals surface area contributed by atoms with Gasteiger partial charge in [0, 0.05) is 11.9 Å². The van der Waals surface area contributed by atoms with E-state index in [1.54, 1.807) is 0 Å². The fourth-order valence-corrected chi connectivity index (χ4v) is 1.86. The SMILES string of the molecule is PC(P)CN1CCCC1. The summed E-state index contributed by atoms with van der Waals surface area (Å²) in [4.78, 5) is 2.52. The van der Waals surface area contributed by atoms with E-state index in [0.29, 0.717) is 5.40 Å². The lowest BCUT2D eigenvalue weighted by Crippen LogP contribution is -2.23.